The van der Waals surface area contributed by atoms with Gasteiger partial charge in [0.25, 0.3) is 0 Å². The van der Waals surface area contributed by atoms with Crippen LogP contribution < -0.4 is 5.32 Å². The van der Waals surface area contributed by atoms with E-state index in [0.29, 0.717) is 5.88 Å². The molecule has 1 aromatic heterocycles. The number of rotatable bonds is 5. The lowest BCUT2D eigenvalue weighted by atomic mass is 9.99. The number of carboxylic acids is 1. The molecule has 0 spiro atoms. The first-order valence-electron chi connectivity index (χ1n) is 4.68. The fourth-order valence-electron chi connectivity index (χ4n) is 1.20. The third-order valence-corrected chi connectivity index (χ3v) is 2.30. The van der Waals surface area contributed by atoms with E-state index in [-0.39, 0.29) is 5.92 Å². The first kappa shape index (κ1) is 10.6. The smallest absolute Gasteiger partial charge is 0.326 e. The van der Waals surface area contributed by atoms with Gasteiger partial charge in [-0.1, -0.05) is 20.3 Å². The molecule has 1 heterocycles. The molecule has 0 saturated carbocycles. The van der Waals surface area contributed by atoms with Crippen LogP contribution in [0.1, 0.15) is 20.3 Å². The minimum absolute atomic E-state index is 0.0672. The Balaban J connectivity index is 2.65. The van der Waals surface area contributed by atoms with Crippen molar-refractivity contribution in [1.29, 1.82) is 0 Å². The highest BCUT2D eigenvalue weighted by molar-refractivity contribution is 5.77. The zero-order valence-corrected chi connectivity index (χ0v) is 8.36. The van der Waals surface area contributed by atoms with E-state index in [2.05, 4.69) is 5.32 Å². The van der Waals surface area contributed by atoms with Crippen LogP contribution in [0.2, 0.25) is 0 Å². The molecule has 0 aliphatic heterocycles. The second-order valence-corrected chi connectivity index (χ2v) is 3.32. The Labute approximate surface area is 82.9 Å². The molecule has 2 atom stereocenters. The second kappa shape index (κ2) is 4.69. The molecule has 14 heavy (non-hydrogen) atoms. The van der Waals surface area contributed by atoms with Gasteiger partial charge in [-0.25, -0.2) is 4.79 Å². The van der Waals surface area contributed by atoms with Crippen LogP contribution in [0.3, 0.4) is 0 Å². The molecule has 0 fully saturated rings. The summed E-state index contributed by atoms with van der Waals surface area (Å²) in [4.78, 5) is 10.9. The molecule has 4 nitrogen and oxygen atoms in total. The predicted octanol–water partition coefficient (Wildman–Crippen LogP) is 2.19. The van der Waals surface area contributed by atoms with Crippen molar-refractivity contribution in [1.82, 2.24) is 0 Å². The molecule has 1 rings (SSSR count). The first-order valence-corrected chi connectivity index (χ1v) is 4.68. The number of carboxylic acid groups (broad SMARTS) is 1. The Bertz CT molecular complexity index is 282. The third kappa shape index (κ3) is 2.52. The SMILES string of the molecule is CC[C@H](C)[C@H](Nc1ccco1)C(=O)O. The summed E-state index contributed by atoms with van der Waals surface area (Å²) in [6, 6.07) is 2.84. The van der Waals surface area contributed by atoms with Crippen LogP contribution in [-0.4, -0.2) is 17.1 Å². The maximum atomic E-state index is 10.9. The summed E-state index contributed by atoms with van der Waals surface area (Å²) in [5.74, 6) is -0.286. The van der Waals surface area contributed by atoms with Crippen LogP contribution >= 0.6 is 0 Å². The van der Waals surface area contributed by atoms with E-state index in [9.17, 15) is 4.79 Å². The second-order valence-electron chi connectivity index (χ2n) is 3.32. The topological polar surface area (TPSA) is 62.5 Å². The van der Waals surface area contributed by atoms with Crippen LogP contribution in [0, 0.1) is 5.92 Å². The number of anilines is 1. The molecular formula is C10H15NO3. The Hall–Kier alpha value is -1.45. The van der Waals surface area contributed by atoms with Gasteiger partial charge in [0.15, 0.2) is 5.88 Å². The van der Waals surface area contributed by atoms with E-state index in [1.54, 1.807) is 12.1 Å². The molecule has 0 aromatic carbocycles. The molecule has 78 valence electrons. The molecule has 0 saturated heterocycles. The first-order chi connectivity index (χ1) is 6.65. The lowest BCUT2D eigenvalue weighted by Gasteiger charge is -2.19. The number of hydrogen-bond acceptors (Lipinski definition) is 3. The molecule has 0 bridgehead atoms. The number of carbonyl (C=O) groups is 1. The van der Waals surface area contributed by atoms with Gasteiger partial charge in [-0.15, -0.1) is 0 Å². The van der Waals surface area contributed by atoms with Crippen LogP contribution in [-0.2, 0) is 4.79 Å². The van der Waals surface area contributed by atoms with Gasteiger partial charge in [-0.2, -0.15) is 0 Å². The summed E-state index contributed by atoms with van der Waals surface area (Å²) in [6.45, 7) is 3.86. The van der Waals surface area contributed by atoms with Crippen molar-refractivity contribution in [3.63, 3.8) is 0 Å². The zero-order valence-electron chi connectivity index (χ0n) is 8.36. The van der Waals surface area contributed by atoms with E-state index in [1.165, 1.54) is 6.26 Å². The number of nitrogens with one attached hydrogen (secondary N) is 1. The largest absolute Gasteiger partial charge is 0.480 e. The van der Waals surface area contributed by atoms with Gasteiger partial charge in [0.05, 0.1) is 6.26 Å². The molecular weight excluding hydrogens is 182 g/mol. The fourth-order valence-corrected chi connectivity index (χ4v) is 1.20. The normalized spacial score (nSPS) is 14.7. The molecule has 0 unspecified atom stereocenters. The van der Waals surface area contributed by atoms with E-state index < -0.39 is 12.0 Å². The van der Waals surface area contributed by atoms with Crippen LogP contribution in [0.4, 0.5) is 5.88 Å². The van der Waals surface area contributed by atoms with Crippen molar-refractivity contribution in [2.75, 3.05) is 5.32 Å². The van der Waals surface area contributed by atoms with Crippen molar-refractivity contribution in [3.8, 4) is 0 Å². The average Bonchev–Trinajstić information content (AvgIpc) is 2.65. The maximum absolute atomic E-state index is 10.9. The van der Waals surface area contributed by atoms with Gasteiger partial charge in [-0.3, -0.25) is 0 Å². The minimum Gasteiger partial charge on any atom is -0.480 e. The van der Waals surface area contributed by atoms with Crippen molar-refractivity contribution in [3.05, 3.63) is 18.4 Å². The molecule has 0 radical (unpaired) electrons. The quantitative estimate of drug-likeness (QED) is 0.759. The van der Waals surface area contributed by atoms with Gasteiger partial charge in [0.2, 0.25) is 0 Å². The van der Waals surface area contributed by atoms with Gasteiger partial charge < -0.3 is 14.8 Å². The van der Waals surface area contributed by atoms with E-state index in [0.717, 1.165) is 6.42 Å². The molecule has 4 heteroatoms. The standard InChI is InChI=1S/C10H15NO3/c1-3-7(2)9(10(12)13)11-8-5-4-6-14-8/h4-7,9,11H,3H2,1-2H3,(H,12,13)/t7-,9-/m0/s1. The minimum atomic E-state index is -0.851. The van der Waals surface area contributed by atoms with Crippen LogP contribution in [0.5, 0.6) is 0 Å². The summed E-state index contributed by atoms with van der Waals surface area (Å²) >= 11 is 0. The Morgan fingerprint density at radius 1 is 1.71 bits per heavy atom. The van der Waals surface area contributed by atoms with Crippen molar-refractivity contribution in [2.45, 2.75) is 26.3 Å². The van der Waals surface area contributed by atoms with E-state index in [4.69, 9.17) is 9.52 Å². The van der Waals surface area contributed by atoms with Gasteiger partial charge in [0, 0.05) is 6.07 Å². The lowest BCUT2D eigenvalue weighted by molar-refractivity contribution is -0.139. The van der Waals surface area contributed by atoms with Gasteiger partial charge in [-0.05, 0) is 12.0 Å². The summed E-state index contributed by atoms with van der Waals surface area (Å²) in [6.07, 6.45) is 2.32. The summed E-state index contributed by atoms with van der Waals surface area (Å²) < 4.78 is 5.03. The summed E-state index contributed by atoms with van der Waals surface area (Å²) in [7, 11) is 0. The van der Waals surface area contributed by atoms with Crippen LogP contribution in [0.15, 0.2) is 22.8 Å². The lowest BCUT2D eigenvalue weighted by Crippen LogP contribution is -2.35. The Morgan fingerprint density at radius 3 is 2.86 bits per heavy atom. The van der Waals surface area contributed by atoms with Gasteiger partial charge >= 0.3 is 5.97 Å². The highest BCUT2D eigenvalue weighted by Gasteiger charge is 2.23. The Kier molecular flexibility index (Phi) is 3.56. The molecule has 2 N–H and O–H groups in total. The van der Waals surface area contributed by atoms with Gasteiger partial charge in [0.1, 0.15) is 6.04 Å². The number of hydrogen-bond donors (Lipinski definition) is 2. The van der Waals surface area contributed by atoms with Crippen molar-refractivity contribution >= 4 is 11.9 Å². The molecule has 0 amide bonds. The average molecular weight is 197 g/mol. The fraction of sp³-hybridized carbons (Fsp3) is 0.500. The molecule has 0 aliphatic carbocycles. The number of aliphatic carboxylic acids is 1. The van der Waals surface area contributed by atoms with Crippen molar-refractivity contribution < 1.29 is 14.3 Å². The maximum Gasteiger partial charge on any atom is 0.326 e. The molecule has 0 aliphatic rings. The summed E-state index contributed by atoms with van der Waals surface area (Å²) in [5, 5.41) is 11.8. The third-order valence-electron chi connectivity index (χ3n) is 2.30. The summed E-state index contributed by atoms with van der Waals surface area (Å²) in [5.41, 5.74) is 0. The monoisotopic (exact) mass is 197 g/mol. The Morgan fingerprint density at radius 2 is 2.43 bits per heavy atom. The number of furan rings is 1. The van der Waals surface area contributed by atoms with Crippen molar-refractivity contribution in [2.24, 2.45) is 5.92 Å². The zero-order chi connectivity index (χ0) is 10.6. The van der Waals surface area contributed by atoms with Crippen LogP contribution in [0.25, 0.3) is 0 Å². The highest BCUT2D eigenvalue weighted by Crippen LogP contribution is 2.15. The van der Waals surface area contributed by atoms with E-state index >= 15 is 0 Å². The predicted molar refractivity (Wildman–Crippen MR) is 53.2 cm³/mol. The molecule has 1 aromatic rings. The van der Waals surface area contributed by atoms with E-state index in [1.807, 2.05) is 13.8 Å². The highest BCUT2D eigenvalue weighted by atomic mass is 16.4.